The molecule has 1 aromatic heterocycles. The van der Waals surface area contributed by atoms with E-state index in [1.165, 1.54) is 4.90 Å². The number of nitrogens with two attached hydrogens (primary N) is 1. The highest BCUT2D eigenvalue weighted by atomic mass is 35.5. The zero-order valence-corrected chi connectivity index (χ0v) is 11.2. The third-order valence-electron chi connectivity index (χ3n) is 2.13. The lowest BCUT2D eigenvalue weighted by molar-refractivity contribution is 1.13. The minimum atomic E-state index is 0.181. The Hall–Kier alpha value is -1.46. The smallest absolute Gasteiger partial charge is 0.223 e. The number of thioether (sulfide) groups is 1. The fraction of sp³-hybridized carbons (Fsp3) is 0.167. The van der Waals surface area contributed by atoms with E-state index in [0.717, 1.165) is 12.3 Å². The second-order valence-electron chi connectivity index (χ2n) is 3.52. The Morgan fingerprint density at radius 3 is 2.72 bits per heavy atom. The minimum Gasteiger partial charge on any atom is -0.369 e. The van der Waals surface area contributed by atoms with Crippen molar-refractivity contribution in [3.8, 4) is 0 Å². The summed E-state index contributed by atoms with van der Waals surface area (Å²) in [7, 11) is 0. The van der Waals surface area contributed by atoms with Crippen molar-refractivity contribution in [2.45, 2.75) is 4.90 Å². The highest BCUT2D eigenvalue weighted by Gasteiger charge is 1.99. The maximum absolute atomic E-state index is 5.78. The summed E-state index contributed by atoms with van der Waals surface area (Å²) in [6.07, 6.45) is 0. The highest BCUT2D eigenvalue weighted by molar-refractivity contribution is 7.99. The number of aromatic nitrogens is 2. The quantitative estimate of drug-likeness (QED) is 0.501. The van der Waals surface area contributed by atoms with Crippen molar-refractivity contribution in [3.63, 3.8) is 0 Å². The normalized spacial score (nSPS) is 10.3. The van der Waals surface area contributed by atoms with Crippen molar-refractivity contribution in [1.29, 1.82) is 0 Å². The van der Waals surface area contributed by atoms with Crippen LogP contribution in [0.25, 0.3) is 0 Å². The summed E-state index contributed by atoms with van der Waals surface area (Å²) in [6.45, 7) is 0.784. The van der Waals surface area contributed by atoms with Gasteiger partial charge < -0.3 is 11.1 Å². The van der Waals surface area contributed by atoms with Gasteiger partial charge in [0.15, 0.2) is 0 Å². The largest absolute Gasteiger partial charge is 0.369 e. The van der Waals surface area contributed by atoms with Crippen LogP contribution in [0.5, 0.6) is 0 Å². The Labute approximate surface area is 115 Å². The van der Waals surface area contributed by atoms with Crippen LogP contribution in [0.3, 0.4) is 0 Å². The van der Waals surface area contributed by atoms with E-state index in [2.05, 4.69) is 27.4 Å². The van der Waals surface area contributed by atoms with Gasteiger partial charge in [-0.15, -0.1) is 11.8 Å². The fourth-order valence-electron chi connectivity index (χ4n) is 1.39. The number of rotatable bonds is 5. The molecule has 0 fully saturated rings. The zero-order chi connectivity index (χ0) is 12.8. The van der Waals surface area contributed by atoms with Gasteiger partial charge in [-0.3, -0.25) is 0 Å². The second-order valence-corrected chi connectivity index (χ2v) is 5.08. The van der Waals surface area contributed by atoms with Crippen LogP contribution in [0.1, 0.15) is 0 Å². The molecule has 3 N–H and O–H groups in total. The van der Waals surface area contributed by atoms with Crippen LogP contribution in [0.2, 0.25) is 5.15 Å². The van der Waals surface area contributed by atoms with Crippen molar-refractivity contribution < 1.29 is 0 Å². The monoisotopic (exact) mass is 280 g/mol. The van der Waals surface area contributed by atoms with Gasteiger partial charge in [0.1, 0.15) is 11.0 Å². The van der Waals surface area contributed by atoms with Crippen LogP contribution in [-0.4, -0.2) is 22.3 Å². The molecule has 0 spiro atoms. The van der Waals surface area contributed by atoms with E-state index in [9.17, 15) is 0 Å². The van der Waals surface area contributed by atoms with Gasteiger partial charge in [0.25, 0.3) is 0 Å². The molecular weight excluding hydrogens is 268 g/mol. The van der Waals surface area contributed by atoms with Crippen LogP contribution in [0.15, 0.2) is 41.3 Å². The number of halogens is 1. The van der Waals surface area contributed by atoms with Crippen molar-refractivity contribution in [2.24, 2.45) is 0 Å². The highest BCUT2D eigenvalue weighted by Crippen LogP contribution is 2.17. The number of hydrogen-bond acceptors (Lipinski definition) is 5. The van der Waals surface area contributed by atoms with Gasteiger partial charge in [0, 0.05) is 23.3 Å². The van der Waals surface area contributed by atoms with Crippen LogP contribution in [0.4, 0.5) is 11.8 Å². The van der Waals surface area contributed by atoms with Gasteiger partial charge in [-0.2, -0.15) is 4.98 Å². The minimum absolute atomic E-state index is 0.181. The molecule has 6 heteroatoms. The Balaban J connectivity index is 1.78. The van der Waals surface area contributed by atoms with Crippen LogP contribution in [-0.2, 0) is 0 Å². The first-order chi connectivity index (χ1) is 8.74. The molecular formula is C12H13ClN4S. The number of nitrogen functional groups attached to an aromatic ring is 1. The Morgan fingerprint density at radius 1 is 1.22 bits per heavy atom. The molecule has 0 amide bonds. The van der Waals surface area contributed by atoms with Crippen LogP contribution >= 0.6 is 23.4 Å². The topological polar surface area (TPSA) is 63.8 Å². The molecule has 1 aromatic carbocycles. The number of anilines is 2. The Kier molecular flexibility index (Phi) is 4.66. The average Bonchev–Trinajstić information content (AvgIpc) is 2.35. The van der Waals surface area contributed by atoms with E-state index in [1.54, 1.807) is 17.8 Å². The molecule has 0 aliphatic rings. The molecule has 0 radical (unpaired) electrons. The molecule has 18 heavy (non-hydrogen) atoms. The van der Waals surface area contributed by atoms with E-state index < -0.39 is 0 Å². The Bertz CT molecular complexity index is 486. The van der Waals surface area contributed by atoms with E-state index >= 15 is 0 Å². The molecule has 0 atom stereocenters. The van der Waals surface area contributed by atoms with E-state index in [4.69, 9.17) is 17.3 Å². The van der Waals surface area contributed by atoms with Gasteiger partial charge >= 0.3 is 0 Å². The number of nitrogens with one attached hydrogen (secondary N) is 1. The molecule has 0 aliphatic heterocycles. The molecule has 2 rings (SSSR count). The summed E-state index contributed by atoms with van der Waals surface area (Å²) in [5.41, 5.74) is 5.50. The summed E-state index contributed by atoms with van der Waals surface area (Å²) in [4.78, 5) is 9.09. The molecule has 94 valence electrons. The zero-order valence-electron chi connectivity index (χ0n) is 9.64. The fourth-order valence-corrected chi connectivity index (χ4v) is 2.37. The summed E-state index contributed by atoms with van der Waals surface area (Å²) in [6, 6.07) is 11.9. The van der Waals surface area contributed by atoms with Crippen molar-refractivity contribution in [2.75, 3.05) is 23.3 Å². The van der Waals surface area contributed by atoms with Crippen molar-refractivity contribution in [3.05, 3.63) is 41.6 Å². The lowest BCUT2D eigenvalue weighted by atomic mass is 10.4. The van der Waals surface area contributed by atoms with Gasteiger partial charge in [-0.1, -0.05) is 29.8 Å². The predicted octanol–water partition coefficient (Wildman–Crippen LogP) is 2.92. The van der Waals surface area contributed by atoms with Gasteiger partial charge in [0.05, 0.1) is 0 Å². The standard InChI is InChI=1S/C12H13ClN4S/c13-10-8-11(17-12(14)16-10)15-6-7-18-9-4-2-1-3-5-9/h1-5,8H,6-7H2,(H3,14,15,16,17). The molecule has 0 aliphatic carbocycles. The van der Waals surface area contributed by atoms with E-state index in [-0.39, 0.29) is 5.95 Å². The first kappa shape index (κ1) is 13.0. The average molecular weight is 281 g/mol. The molecule has 0 bridgehead atoms. The summed E-state index contributed by atoms with van der Waals surface area (Å²) < 4.78 is 0. The number of benzene rings is 1. The lowest BCUT2D eigenvalue weighted by Crippen LogP contribution is -2.07. The third kappa shape index (κ3) is 4.09. The van der Waals surface area contributed by atoms with Crippen LogP contribution in [0, 0.1) is 0 Å². The molecule has 0 unspecified atom stereocenters. The number of nitrogens with zero attached hydrogens (tertiary/aromatic N) is 2. The van der Waals surface area contributed by atoms with E-state index in [0.29, 0.717) is 11.0 Å². The SMILES string of the molecule is Nc1nc(Cl)cc(NCCSc2ccccc2)n1. The Morgan fingerprint density at radius 2 is 2.00 bits per heavy atom. The maximum atomic E-state index is 5.78. The molecule has 0 saturated carbocycles. The van der Waals surface area contributed by atoms with Gasteiger partial charge in [-0.05, 0) is 12.1 Å². The maximum Gasteiger partial charge on any atom is 0.223 e. The summed E-state index contributed by atoms with van der Waals surface area (Å²) in [5, 5.41) is 3.51. The molecule has 1 heterocycles. The summed E-state index contributed by atoms with van der Waals surface area (Å²) in [5.74, 6) is 1.77. The number of hydrogen-bond donors (Lipinski definition) is 2. The third-order valence-corrected chi connectivity index (χ3v) is 3.34. The van der Waals surface area contributed by atoms with E-state index in [1.807, 2.05) is 18.2 Å². The van der Waals surface area contributed by atoms with Crippen LogP contribution < -0.4 is 11.1 Å². The van der Waals surface area contributed by atoms with Gasteiger partial charge in [-0.25, -0.2) is 4.98 Å². The van der Waals surface area contributed by atoms with Crippen molar-refractivity contribution >= 4 is 35.1 Å². The predicted molar refractivity (Wildman–Crippen MR) is 77.1 cm³/mol. The molecule has 4 nitrogen and oxygen atoms in total. The molecule has 2 aromatic rings. The second kappa shape index (κ2) is 6.47. The first-order valence-electron chi connectivity index (χ1n) is 5.46. The summed E-state index contributed by atoms with van der Waals surface area (Å²) >= 11 is 7.56. The first-order valence-corrected chi connectivity index (χ1v) is 6.82. The molecule has 0 saturated heterocycles. The van der Waals surface area contributed by atoms with Crippen molar-refractivity contribution in [1.82, 2.24) is 9.97 Å². The van der Waals surface area contributed by atoms with Gasteiger partial charge in [0.2, 0.25) is 5.95 Å². The lowest BCUT2D eigenvalue weighted by Gasteiger charge is -2.06.